The zero-order valence-corrected chi connectivity index (χ0v) is 15.9. The summed E-state index contributed by atoms with van der Waals surface area (Å²) in [6.07, 6.45) is 7.14. The number of hydrogen-bond acceptors (Lipinski definition) is 4. The van der Waals surface area contributed by atoms with Gasteiger partial charge in [0.2, 0.25) is 5.91 Å². The number of fused-ring (bicyclic) bond motifs is 1. The van der Waals surface area contributed by atoms with Crippen molar-refractivity contribution in [2.75, 3.05) is 20.1 Å². The molecule has 2 aliphatic heterocycles. The highest BCUT2D eigenvalue weighted by molar-refractivity contribution is 5.76. The topological polar surface area (TPSA) is 54.5 Å². The Labute approximate surface area is 160 Å². The Bertz CT molecular complexity index is 785. The van der Waals surface area contributed by atoms with Crippen LogP contribution >= 0.6 is 0 Å². The largest absolute Gasteiger partial charge is 0.487 e. The molecule has 142 valence electrons. The summed E-state index contributed by atoms with van der Waals surface area (Å²) in [6.45, 7) is 2.98. The highest BCUT2D eigenvalue weighted by atomic mass is 16.5. The van der Waals surface area contributed by atoms with Gasteiger partial charge in [-0.05, 0) is 48.6 Å². The Morgan fingerprint density at radius 2 is 1.96 bits per heavy atom. The van der Waals surface area contributed by atoms with Gasteiger partial charge in [0.25, 0.3) is 0 Å². The van der Waals surface area contributed by atoms with Crippen LogP contribution in [0.25, 0.3) is 0 Å². The van der Waals surface area contributed by atoms with E-state index in [-0.39, 0.29) is 17.4 Å². The van der Waals surface area contributed by atoms with E-state index >= 15 is 0 Å². The summed E-state index contributed by atoms with van der Waals surface area (Å²) in [7, 11) is 1.71. The fourth-order valence-corrected chi connectivity index (χ4v) is 4.42. The third-order valence-electron chi connectivity index (χ3n) is 5.94. The molecule has 27 heavy (non-hydrogen) atoms. The number of pyridine rings is 1. The van der Waals surface area contributed by atoms with Crippen molar-refractivity contribution >= 4 is 5.91 Å². The lowest BCUT2D eigenvalue weighted by Crippen LogP contribution is -2.50. The van der Waals surface area contributed by atoms with Gasteiger partial charge in [-0.3, -0.25) is 14.7 Å². The van der Waals surface area contributed by atoms with Crippen LogP contribution in [0.4, 0.5) is 0 Å². The first-order valence-corrected chi connectivity index (χ1v) is 9.77. The summed E-state index contributed by atoms with van der Waals surface area (Å²) < 4.78 is 6.54. The van der Waals surface area contributed by atoms with E-state index in [0.717, 1.165) is 44.6 Å². The fraction of sp³-hybridized carbons (Fsp3) is 0.455. The summed E-state index contributed by atoms with van der Waals surface area (Å²) in [5.74, 6) is 1.28. The van der Waals surface area contributed by atoms with E-state index in [2.05, 4.69) is 39.5 Å². The SMILES string of the molecule is CNC(=O)C[C@@H]1CC2(CCN(Cc3ccncc3)CC2)Oc2ccccc21. The number of ether oxygens (including phenoxy) is 1. The van der Waals surface area contributed by atoms with E-state index < -0.39 is 0 Å². The highest BCUT2D eigenvalue weighted by Crippen LogP contribution is 2.46. The van der Waals surface area contributed by atoms with Crippen LogP contribution in [0.1, 0.15) is 42.7 Å². The van der Waals surface area contributed by atoms with Gasteiger partial charge in [-0.1, -0.05) is 18.2 Å². The van der Waals surface area contributed by atoms with Gasteiger partial charge in [-0.2, -0.15) is 0 Å². The van der Waals surface area contributed by atoms with Crippen LogP contribution in [0.2, 0.25) is 0 Å². The predicted octanol–water partition coefficient (Wildman–Crippen LogP) is 3.12. The molecular weight excluding hydrogens is 338 g/mol. The van der Waals surface area contributed by atoms with Crippen molar-refractivity contribution in [2.45, 2.75) is 43.7 Å². The number of rotatable bonds is 4. The van der Waals surface area contributed by atoms with Crippen LogP contribution in [0, 0.1) is 0 Å². The molecule has 0 saturated carbocycles. The number of para-hydroxylation sites is 1. The van der Waals surface area contributed by atoms with Crippen molar-refractivity contribution in [1.82, 2.24) is 15.2 Å². The molecule has 1 spiro atoms. The fourth-order valence-electron chi connectivity index (χ4n) is 4.42. The lowest BCUT2D eigenvalue weighted by atomic mass is 9.76. The molecule has 0 unspecified atom stereocenters. The van der Waals surface area contributed by atoms with E-state index in [0.29, 0.717) is 6.42 Å². The van der Waals surface area contributed by atoms with E-state index in [1.165, 1.54) is 11.1 Å². The number of hydrogen-bond donors (Lipinski definition) is 1. The van der Waals surface area contributed by atoms with Crippen molar-refractivity contribution in [2.24, 2.45) is 0 Å². The molecule has 2 aliphatic rings. The maximum atomic E-state index is 12.1. The molecule has 5 heteroatoms. The first-order chi connectivity index (χ1) is 13.2. The molecule has 1 atom stereocenters. The van der Waals surface area contributed by atoms with Gasteiger partial charge in [0.15, 0.2) is 0 Å². The number of carbonyl (C=O) groups is 1. The molecule has 1 aromatic carbocycles. The highest BCUT2D eigenvalue weighted by Gasteiger charge is 2.43. The summed E-state index contributed by atoms with van der Waals surface area (Å²) in [6, 6.07) is 12.4. The quantitative estimate of drug-likeness (QED) is 0.905. The van der Waals surface area contributed by atoms with E-state index in [1.54, 1.807) is 7.05 Å². The van der Waals surface area contributed by atoms with E-state index in [1.807, 2.05) is 24.5 Å². The molecule has 4 rings (SSSR count). The van der Waals surface area contributed by atoms with Crippen LogP contribution in [0.5, 0.6) is 5.75 Å². The van der Waals surface area contributed by atoms with Crippen molar-refractivity contribution < 1.29 is 9.53 Å². The molecule has 1 amide bonds. The van der Waals surface area contributed by atoms with Crippen molar-refractivity contribution in [1.29, 1.82) is 0 Å². The molecule has 1 aromatic heterocycles. The Balaban J connectivity index is 1.47. The number of nitrogens with zero attached hydrogens (tertiary/aromatic N) is 2. The Hall–Kier alpha value is -2.40. The third-order valence-corrected chi connectivity index (χ3v) is 5.94. The molecule has 1 saturated heterocycles. The molecule has 0 aliphatic carbocycles. The third kappa shape index (κ3) is 3.98. The Kier molecular flexibility index (Phi) is 5.12. The van der Waals surface area contributed by atoms with Crippen molar-refractivity contribution in [3.63, 3.8) is 0 Å². The molecule has 1 fully saturated rings. The molecule has 0 bridgehead atoms. The number of likely N-dealkylation sites (tertiary alicyclic amines) is 1. The summed E-state index contributed by atoms with van der Waals surface area (Å²) >= 11 is 0. The van der Waals surface area contributed by atoms with E-state index in [9.17, 15) is 4.79 Å². The molecule has 0 radical (unpaired) electrons. The Morgan fingerprint density at radius 1 is 1.22 bits per heavy atom. The van der Waals surface area contributed by atoms with Crippen LogP contribution in [0.15, 0.2) is 48.8 Å². The number of amides is 1. The minimum atomic E-state index is -0.151. The average molecular weight is 365 g/mol. The van der Waals surface area contributed by atoms with Gasteiger partial charge in [-0.15, -0.1) is 0 Å². The van der Waals surface area contributed by atoms with Gasteiger partial charge in [-0.25, -0.2) is 0 Å². The Morgan fingerprint density at radius 3 is 2.70 bits per heavy atom. The minimum absolute atomic E-state index is 0.0991. The number of benzene rings is 1. The first-order valence-electron chi connectivity index (χ1n) is 9.77. The van der Waals surface area contributed by atoms with Gasteiger partial charge in [0.1, 0.15) is 11.4 Å². The zero-order chi connectivity index (χ0) is 18.7. The zero-order valence-electron chi connectivity index (χ0n) is 15.9. The normalized spacial score (nSPS) is 21.3. The lowest BCUT2D eigenvalue weighted by molar-refractivity contribution is -0.121. The van der Waals surface area contributed by atoms with Crippen LogP contribution in [-0.2, 0) is 11.3 Å². The van der Waals surface area contributed by atoms with Gasteiger partial charge < -0.3 is 10.1 Å². The standard InChI is InChI=1S/C22H27N3O2/c1-23-21(26)14-18-15-22(27-20-5-3-2-4-19(18)20)8-12-25(13-9-22)16-17-6-10-24-11-7-17/h2-7,10-11,18H,8-9,12-16H2,1H3,(H,23,26)/t18-/m1/s1. The monoisotopic (exact) mass is 365 g/mol. The maximum absolute atomic E-state index is 12.1. The number of nitrogens with one attached hydrogen (secondary N) is 1. The second kappa shape index (κ2) is 7.69. The summed E-state index contributed by atoms with van der Waals surface area (Å²) in [5, 5.41) is 2.78. The maximum Gasteiger partial charge on any atom is 0.220 e. The van der Waals surface area contributed by atoms with E-state index in [4.69, 9.17) is 4.74 Å². The van der Waals surface area contributed by atoms with Crippen molar-refractivity contribution in [3.8, 4) is 5.75 Å². The molecular formula is C22H27N3O2. The first kappa shape index (κ1) is 18.0. The number of piperidine rings is 1. The summed E-state index contributed by atoms with van der Waals surface area (Å²) in [5.41, 5.74) is 2.32. The second-order valence-electron chi connectivity index (χ2n) is 7.73. The molecule has 3 heterocycles. The van der Waals surface area contributed by atoms with Crippen LogP contribution < -0.4 is 10.1 Å². The number of carbonyl (C=O) groups excluding carboxylic acids is 1. The lowest BCUT2D eigenvalue weighted by Gasteiger charge is -2.47. The number of aromatic nitrogens is 1. The van der Waals surface area contributed by atoms with Crippen molar-refractivity contribution in [3.05, 3.63) is 59.9 Å². The molecule has 1 N–H and O–H groups in total. The van der Waals surface area contributed by atoms with Gasteiger partial charge >= 0.3 is 0 Å². The van der Waals surface area contributed by atoms with Crippen LogP contribution in [-0.4, -0.2) is 41.5 Å². The average Bonchev–Trinajstić information content (AvgIpc) is 2.70. The summed E-state index contributed by atoms with van der Waals surface area (Å²) in [4.78, 5) is 18.6. The smallest absolute Gasteiger partial charge is 0.220 e. The van der Waals surface area contributed by atoms with Gasteiger partial charge in [0, 0.05) is 51.4 Å². The van der Waals surface area contributed by atoms with Gasteiger partial charge in [0.05, 0.1) is 0 Å². The minimum Gasteiger partial charge on any atom is -0.487 e. The predicted molar refractivity (Wildman–Crippen MR) is 105 cm³/mol. The molecule has 2 aromatic rings. The molecule has 5 nitrogen and oxygen atoms in total. The van der Waals surface area contributed by atoms with Crippen LogP contribution in [0.3, 0.4) is 0 Å². The second-order valence-corrected chi connectivity index (χ2v) is 7.73.